The van der Waals surface area contributed by atoms with Crippen LogP contribution >= 0.6 is 23.6 Å². The van der Waals surface area contributed by atoms with E-state index >= 15 is 0 Å². The summed E-state index contributed by atoms with van der Waals surface area (Å²) in [6, 6.07) is 11.1. The van der Waals surface area contributed by atoms with Crippen molar-refractivity contribution in [3.63, 3.8) is 0 Å². The topological polar surface area (TPSA) is 50.4 Å². The molecular formula is C16H18N2O2S2. The van der Waals surface area contributed by atoms with Gasteiger partial charge in [-0.1, -0.05) is 6.07 Å². The van der Waals surface area contributed by atoms with Crippen molar-refractivity contribution in [1.29, 1.82) is 0 Å². The minimum Gasteiger partial charge on any atom is -0.497 e. The third kappa shape index (κ3) is 4.82. The molecule has 0 saturated carbocycles. The summed E-state index contributed by atoms with van der Waals surface area (Å²) in [6.07, 6.45) is 0.871. The fourth-order valence-corrected chi connectivity index (χ4v) is 3.09. The molecule has 2 N–H and O–H groups in total. The average Bonchev–Trinajstić information content (AvgIpc) is 2.99. The predicted molar refractivity (Wildman–Crippen MR) is 93.7 cm³/mol. The van der Waals surface area contributed by atoms with Crippen LogP contribution in [-0.4, -0.2) is 24.2 Å². The van der Waals surface area contributed by atoms with E-state index in [0.717, 1.165) is 6.42 Å². The highest BCUT2D eigenvalue weighted by atomic mass is 32.1. The fraction of sp³-hybridized carbons (Fsp3) is 0.250. The first-order valence-corrected chi connectivity index (χ1v) is 8.15. The Morgan fingerprint density at radius 1 is 1.32 bits per heavy atom. The zero-order valence-electron chi connectivity index (χ0n) is 12.5. The highest BCUT2D eigenvalue weighted by Gasteiger charge is 2.10. The third-order valence-corrected chi connectivity index (χ3v) is 4.16. The van der Waals surface area contributed by atoms with E-state index in [0.29, 0.717) is 16.4 Å². The van der Waals surface area contributed by atoms with Crippen molar-refractivity contribution in [2.45, 2.75) is 19.4 Å². The molecule has 0 spiro atoms. The molecule has 0 aliphatic rings. The maximum atomic E-state index is 12.1. The van der Waals surface area contributed by atoms with Gasteiger partial charge in [-0.2, -0.15) is 0 Å². The van der Waals surface area contributed by atoms with E-state index in [9.17, 15) is 4.79 Å². The number of carbonyl (C=O) groups excluding carboxylic acids is 1. The maximum absolute atomic E-state index is 12.1. The summed E-state index contributed by atoms with van der Waals surface area (Å²) >= 11 is 6.90. The molecule has 2 rings (SSSR count). The van der Waals surface area contributed by atoms with Crippen LogP contribution < -0.4 is 15.4 Å². The Kier molecular flexibility index (Phi) is 5.91. The molecule has 1 unspecified atom stereocenters. The first-order valence-electron chi connectivity index (χ1n) is 6.86. The van der Waals surface area contributed by atoms with Crippen molar-refractivity contribution in [3.8, 4) is 5.75 Å². The van der Waals surface area contributed by atoms with Crippen LogP contribution in [0, 0.1) is 0 Å². The minimum absolute atomic E-state index is 0.155. The van der Waals surface area contributed by atoms with Crippen molar-refractivity contribution >= 4 is 34.6 Å². The molecule has 0 fully saturated rings. The largest absolute Gasteiger partial charge is 0.497 e. The predicted octanol–water partition coefficient (Wildman–Crippen LogP) is 2.99. The number of thiocarbonyl (C=S) groups is 1. The van der Waals surface area contributed by atoms with Crippen molar-refractivity contribution in [2.75, 3.05) is 7.11 Å². The van der Waals surface area contributed by atoms with Gasteiger partial charge in [0.15, 0.2) is 5.11 Å². The second-order valence-corrected chi connectivity index (χ2v) is 6.28. The van der Waals surface area contributed by atoms with E-state index in [-0.39, 0.29) is 11.9 Å². The molecule has 2 aromatic rings. The first-order chi connectivity index (χ1) is 10.6. The zero-order valence-corrected chi connectivity index (χ0v) is 14.1. The summed E-state index contributed by atoms with van der Waals surface area (Å²) in [5.41, 5.74) is 0.538. The molecular weight excluding hydrogens is 316 g/mol. The van der Waals surface area contributed by atoms with Crippen LogP contribution in [0.3, 0.4) is 0 Å². The number of hydrogen-bond donors (Lipinski definition) is 2. The highest BCUT2D eigenvalue weighted by Crippen LogP contribution is 2.12. The minimum atomic E-state index is -0.233. The summed E-state index contributed by atoms with van der Waals surface area (Å²) in [7, 11) is 1.59. The van der Waals surface area contributed by atoms with Gasteiger partial charge in [-0.3, -0.25) is 10.1 Å². The molecule has 1 aromatic heterocycles. The van der Waals surface area contributed by atoms with Crippen LogP contribution in [0.1, 0.15) is 22.2 Å². The van der Waals surface area contributed by atoms with Crippen molar-refractivity contribution in [3.05, 3.63) is 52.2 Å². The number of ether oxygens (including phenoxy) is 1. The second-order valence-electron chi connectivity index (χ2n) is 4.84. The van der Waals surface area contributed by atoms with Crippen LogP contribution in [0.4, 0.5) is 0 Å². The summed E-state index contributed by atoms with van der Waals surface area (Å²) in [6.45, 7) is 2.03. The van der Waals surface area contributed by atoms with Gasteiger partial charge in [0.05, 0.1) is 7.11 Å². The zero-order chi connectivity index (χ0) is 15.9. The van der Waals surface area contributed by atoms with Gasteiger partial charge in [-0.25, -0.2) is 0 Å². The van der Waals surface area contributed by atoms with Gasteiger partial charge in [0.25, 0.3) is 5.91 Å². The van der Waals surface area contributed by atoms with Gasteiger partial charge in [0.2, 0.25) is 0 Å². The van der Waals surface area contributed by atoms with Crippen LogP contribution in [0.25, 0.3) is 0 Å². The number of hydrogen-bond acceptors (Lipinski definition) is 4. The van der Waals surface area contributed by atoms with E-state index in [4.69, 9.17) is 17.0 Å². The van der Waals surface area contributed by atoms with Gasteiger partial charge in [-0.15, -0.1) is 11.3 Å². The SMILES string of the molecule is COc1ccc(C(=O)NC(=S)NC(C)Cc2cccs2)cc1. The lowest BCUT2D eigenvalue weighted by Gasteiger charge is -2.15. The quantitative estimate of drug-likeness (QED) is 0.826. The van der Waals surface area contributed by atoms with Crippen LogP contribution in [-0.2, 0) is 6.42 Å². The summed E-state index contributed by atoms with van der Waals surface area (Å²) < 4.78 is 5.06. The second kappa shape index (κ2) is 7.91. The Hall–Kier alpha value is -1.92. The van der Waals surface area contributed by atoms with E-state index in [2.05, 4.69) is 16.7 Å². The van der Waals surface area contributed by atoms with E-state index in [1.54, 1.807) is 42.7 Å². The lowest BCUT2D eigenvalue weighted by atomic mass is 10.2. The normalized spacial score (nSPS) is 11.5. The van der Waals surface area contributed by atoms with E-state index in [1.165, 1.54) is 4.88 Å². The summed E-state index contributed by atoms with van der Waals surface area (Å²) in [5, 5.41) is 8.20. The summed E-state index contributed by atoms with van der Waals surface area (Å²) in [5.74, 6) is 0.477. The maximum Gasteiger partial charge on any atom is 0.257 e. The lowest BCUT2D eigenvalue weighted by Crippen LogP contribution is -2.43. The molecule has 1 atom stereocenters. The van der Waals surface area contributed by atoms with Gasteiger partial charge in [-0.05, 0) is 54.9 Å². The van der Waals surface area contributed by atoms with Crippen molar-refractivity contribution in [2.24, 2.45) is 0 Å². The Bertz CT molecular complexity index is 624. The number of methoxy groups -OCH3 is 1. The summed E-state index contributed by atoms with van der Waals surface area (Å²) in [4.78, 5) is 13.4. The number of nitrogens with one attached hydrogen (secondary N) is 2. The standard InChI is InChI=1S/C16H18N2O2S2/c1-11(10-14-4-3-9-22-14)17-16(21)18-15(19)12-5-7-13(20-2)8-6-12/h3-9,11H,10H2,1-2H3,(H2,17,18,19,21). The number of thiophene rings is 1. The molecule has 0 aliphatic carbocycles. The Balaban J connectivity index is 1.83. The van der Waals surface area contributed by atoms with E-state index < -0.39 is 0 Å². The van der Waals surface area contributed by atoms with Gasteiger partial charge < -0.3 is 10.1 Å². The van der Waals surface area contributed by atoms with Crippen LogP contribution in [0.5, 0.6) is 5.75 Å². The highest BCUT2D eigenvalue weighted by molar-refractivity contribution is 7.80. The Morgan fingerprint density at radius 3 is 2.64 bits per heavy atom. The number of benzene rings is 1. The average molecular weight is 334 g/mol. The van der Waals surface area contributed by atoms with Gasteiger partial charge in [0, 0.05) is 22.9 Å². The molecule has 0 bridgehead atoms. The van der Waals surface area contributed by atoms with Gasteiger partial charge >= 0.3 is 0 Å². The molecule has 0 radical (unpaired) electrons. The Morgan fingerprint density at radius 2 is 2.05 bits per heavy atom. The molecule has 6 heteroatoms. The molecule has 1 amide bonds. The first kappa shape index (κ1) is 16.5. The van der Waals surface area contributed by atoms with Crippen molar-refractivity contribution in [1.82, 2.24) is 10.6 Å². The molecule has 1 aromatic carbocycles. The Labute approximate surface area is 139 Å². The third-order valence-electron chi connectivity index (χ3n) is 3.04. The number of rotatable bonds is 5. The molecule has 4 nitrogen and oxygen atoms in total. The molecule has 116 valence electrons. The van der Waals surface area contributed by atoms with Crippen LogP contribution in [0.2, 0.25) is 0 Å². The molecule has 0 saturated heterocycles. The van der Waals surface area contributed by atoms with E-state index in [1.807, 2.05) is 18.4 Å². The molecule has 0 aliphatic heterocycles. The van der Waals surface area contributed by atoms with Crippen LogP contribution in [0.15, 0.2) is 41.8 Å². The lowest BCUT2D eigenvalue weighted by molar-refractivity contribution is 0.0976. The smallest absolute Gasteiger partial charge is 0.257 e. The monoisotopic (exact) mass is 334 g/mol. The number of carbonyl (C=O) groups is 1. The van der Waals surface area contributed by atoms with Crippen molar-refractivity contribution < 1.29 is 9.53 Å². The molecule has 22 heavy (non-hydrogen) atoms. The fourth-order valence-electron chi connectivity index (χ4n) is 1.96. The van der Waals surface area contributed by atoms with Gasteiger partial charge in [0.1, 0.15) is 5.75 Å². The molecule has 1 heterocycles. The number of amides is 1.